The highest BCUT2D eigenvalue weighted by Crippen LogP contribution is 2.19. The summed E-state index contributed by atoms with van der Waals surface area (Å²) in [5.41, 5.74) is 3.42. The predicted molar refractivity (Wildman–Crippen MR) is 128 cm³/mol. The van der Waals surface area contributed by atoms with E-state index < -0.39 is 0 Å². The van der Waals surface area contributed by atoms with Gasteiger partial charge in [0.15, 0.2) is 5.82 Å². The van der Waals surface area contributed by atoms with Crippen LogP contribution in [0.25, 0.3) is 0 Å². The zero-order valence-electron chi connectivity index (χ0n) is 18.4. The number of nitrogens with one attached hydrogen (secondary N) is 5. The minimum atomic E-state index is -0.270. The molecular formula is C23H25N9O. The van der Waals surface area contributed by atoms with Crippen molar-refractivity contribution in [1.29, 1.82) is 0 Å². The van der Waals surface area contributed by atoms with Gasteiger partial charge in [-0.15, -0.1) is 0 Å². The topological polar surface area (TPSA) is 133 Å². The third-order valence-corrected chi connectivity index (χ3v) is 4.64. The van der Waals surface area contributed by atoms with Crippen molar-refractivity contribution in [3.8, 4) is 0 Å². The lowest BCUT2D eigenvalue weighted by atomic mass is 10.2. The molecule has 2 heterocycles. The molecule has 0 bridgehead atoms. The number of nitrogens with zero attached hydrogens (tertiary/aromatic N) is 4. The number of aromatic nitrogens is 5. The van der Waals surface area contributed by atoms with Gasteiger partial charge in [-0.1, -0.05) is 37.3 Å². The van der Waals surface area contributed by atoms with Crippen LogP contribution in [-0.4, -0.2) is 31.2 Å². The van der Waals surface area contributed by atoms with Crippen LogP contribution in [0, 0.1) is 6.92 Å². The number of urea groups is 1. The second-order valence-electron chi connectivity index (χ2n) is 7.31. The SMILES string of the molecule is CCc1nc(Nc2ccc(NC(=O)NCc3ccccc3)cc2)nc(Nc2cc(C)[nH]n2)n1. The van der Waals surface area contributed by atoms with Gasteiger partial charge in [0.05, 0.1) is 0 Å². The summed E-state index contributed by atoms with van der Waals surface area (Å²) in [4.78, 5) is 25.4. The minimum Gasteiger partial charge on any atom is -0.334 e. The van der Waals surface area contributed by atoms with Crippen molar-refractivity contribution < 1.29 is 4.79 Å². The van der Waals surface area contributed by atoms with Crippen LogP contribution in [0.15, 0.2) is 60.7 Å². The zero-order valence-corrected chi connectivity index (χ0v) is 18.4. The van der Waals surface area contributed by atoms with Gasteiger partial charge in [-0.25, -0.2) is 4.79 Å². The summed E-state index contributed by atoms with van der Waals surface area (Å²) in [6.45, 7) is 4.35. The molecule has 0 saturated carbocycles. The molecule has 0 aliphatic carbocycles. The molecule has 10 nitrogen and oxygen atoms in total. The number of anilines is 5. The number of amides is 2. The standard InChI is InChI=1S/C23H25N9O/c1-3-19-27-21(30-22(28-19)29-20-13-15(2)31-32-20)25-17-9-11-18(12-10-17)26-23(33)24-14-16-7-5-4-6-8-16/h4-13H,3,14H2,1-2H3,(H2,24,26,33)(H3,25,27,28,29,30,31,32). The molecule has 2 aromatic heterocycles. The Bertz CT molecular complexity index is 1210. The van der Waals surface area contributed by atoms with Crippen molar-refractivity contribution in [2.24, 2.45) is 0 Å². The van der Waals surface area contributed by atoms with Gasteiger partial charge >= 0.3 is 6.03 Å². The molecule has 33 heavy (non-hydrogen) atoms. The molecule has 4 aromatic rings. The van der Waals surface area contributed by atoms with Gasteiger partial charge in [0.1, 0.15) is 5.82 Å². The van der Waals surface area contributed by atoms with E-state index in [1.165, 1.54) is 0 Å². The fourth-order valence-electron chi connectivity index (χ4n) is 3.01. The first kappa shape index (κ1) is 21.8. The monoisotopic (exact) mass is 443 g/mol. The van der Waals surface area contributed by atoms with Crippen LogP contribution in [0.3, 0.4) is 0 Å². The van der Waals surface area contributed by atoms with E-state index in [0.29, 0.717) is 42.2 Å². The first-order valence-electron chi connectivity index (χ1n) is 10.6. The summed E-state index contributed by atoms with van der Waals surface area (Å²) in [5, 5.41) is 18.9. The van der Waals surface area contributed by atoms with Crippen LogP contribution in [0.5, 0.6) is 0 Å². The molecule has 2 aromatic carbocycles. The number of rotatable bonds is 8. The van der Waals surface area contributed by atoms with E-state index in [0.717, 1.165) is 16.9 Å². The quantitative estimate of drug-likeness (QED) is 0.275. The molecule has 2 amide bonds. The lowest BCUT2D eigenvalue weighted by Crippen LogP contribution is -2.28. The van der Waals surface area contributed by atoms with Crippen LogP contribution < -0.4 is 21.3 Å². The van der Waals surface area contributed by atoms with Crippen LogP contribution in [0.4, 0.5) is 33.9 Å². The Morgan fingerprint density at radius 1 is 0.909 bits per heavy atom. The van der Waals surface area contributed by atoms with Crippen molar-refractivity contribution in [2.45, 2.75) is 26.8 Å². The van der Waals surface area contributed by atoms with E-state index in [2.05, 4.69) is 46.4 Å². The number of hydrogen-bond donors (Lipinski definition) is 5. The highest BCUT2D eigenvalue weighted by atomic mass is 16.2. The van der Waals surface area contributed by atoms with E-state index in [9.17, 15) is 4.79 Å². The Hall–Kier alpha value is -4.47. The van der Waals surface area contributed by atoms with Crippen LogP contribution in [0.2, 0.25) is 0 Å². The normalized spacial score (nSPS) is 10.5. The zero-order chi connectivity index (χ0) is 23.0. The number of benzene rings is 2. The first-order valence-corrected chi connectivity index (χ1v) is 10.6. The van der Waals surface area contributed by atoms with Crippen molar-refractivity contribution in [1.82, 2.24) is 30.5 Å². The lowest BCUT2D eigenvalue weighted by molar-refractivity contribution is 0.251. The lowest BCUT2D eigenvalue weighted by Gasteiger charge is -2.10. The van der Waals surface area contributed by atoms with Crippen molar-refractivity contribution in [3.63, 3.8) is 0 Å². The Morgan fingerprint density at radius 3 is 2.27 bits per heavy atom. The van der Waals surface area contributed by atoms with Crippen LogP contribution in [-0.2, 0) is 13.0 Å². The van der Waals surface area contributed by atoms with Gasteiger partial charge < -0.3 is 21.3 Å². The third kappa shape index (κ3) is 6.26. The van der Waals surface area contributed by atoms with E-state index in [4.69, 9.17) is 0 Å². The highest BCUT2D eigenvalue weighted by molar-refractivity contribution is 5.89. The van der Waals surface area contributed by atoms with Gasteiger partial charge in [0.2, 0.25) is 11.9 Å². The third-order valence-electron chi connectivity index (χ3n) is 4.64. The summed E-state index contributed by atoms with van der Waals surface area (Å²) < 4.78 is 0. The van der Waals surface area contributed by atoms with E-state index in [-0.39, 0.29) is 6.03 Å². The predicted octanol–water partition coefficient (Wildman–Crippen LogP) is 4.27. The summed E-state index contributed by atoms with van der Waals surface area (Å²) in [6, 6.07) is 18.6. The molecule has 168 valence electrons. The maximum Gasteiger partial charge on any atom is 0.319 e. The second-order valence-corrected chi connectivity index (χ2v) is 7.31. The molecule has 10 heteroatoms. The Morgan fingerprint density at radius 2 is 1.61 bits per heavy atom. The number of H-pyrrole nitrogens is 1. The molecule has 0 spiro atoms. The van der Waals surface area contributed by atoms with Gasteiger partial charge in [-0.3, -0.25) is 5.10 Å². The van der Waals surface area contributed by atoms with Crippen molar-refractivity contribution in [2.75, 3.05) is 16.0 Å². The van der Waals surface area contributed by atoms with Gasteiger partial charge in [-0.05, 0) is 36.8 Å². The smallest absolute Gasteiger partial charge is 0.319 e. The van der Waals surface area contributed by atoms with Crippen LogP contribution >= 0.6 is 0 Å². The summed E-state index contributed by atoms with van der Waals surface area (Å²) in [5.74, 6) is 2.10. The molecule has 0 aliphatic heterocycles. The minimum absolute atomic E-state index is 0.270. The Balaban J connectivity index is 1.37. The summed E-state index contributed by atoms with van der Waals surface area (Å²) in [7, 11) is 0. The number of carbonyl (C=O) groups excluding carboxylic acids is 1. The molecule has 0 unspecified atom stereocenters. The molecule has 0 aliphatic rings. The molecule has 0 radical (unpaired) electrons. The second kappa shape index (κ2) is 10.2. The molecule has 0 fully saturated rings. The largest absolute Gasteiger partial charge is 0.334 e. The van der Waals surface area contributed by atoms with E-state index in [1.807, 2.05) is 62.4 Å². The van der Waals surface area contributed by atoms with Gasteiger partial charge in [-0.2, -0.15) is 20.1 Å². The number of aromatic amines is 1. The summed E-state index contributed by atoms with van der Waals surface area (Å²) >= 11 is 0. The number of hydrogen-bond acceptors (Lipinski definition) is 7. The van der Waals surface area contributed by atoms with Crippen molar-refractivity contribution >= 4 is 35.1 Å². The summed E-state index contributed by atoms with van der Waals surface area (Å²) in [6.07, 6.45) is 0.659. The fraction of sp³-hybridized carbons (Fsp3) is 0.174. The molecule has 4 rings (SSSR count). The highest BCUT2D eigenvalue weighted by Gasteiger charge is 2.08. The Kier molecular flexibility index (Phi) is 6.74. The number of aryl methyl sites for hydroxylation is 2. The Labute approximate surface area is 191 Å². The maximum absolute atomic E-state index is 12.1. The maximum atomic E-state index is 12.1. The van der Waals surface area contributed by atoms with Gasteiger partial charge in [0.25, 0.3) is 0 Å². The first-order chi connectivity index (χ1) is 16.1. The average Bonchev–Trinajstić information content (AvgIpc) is 3.24. The van der Waals surface area contributed by atoms with Crippen molar-refractivity contribution in [3.05, 3.63) is 77.7 Å². The fourth-order valence-corrected chi connectivity index (χ4v) is 3.01. The molecule has 0 saturated heterocycles. The molecule has 0 atom stereocenters. The molecular weight excluding hydrogens is 418 g/mol. The number of carbonyl (C=O) groups is 1. The molecule has 5 N–H and O–H groups in total. The van der Waals surface area contributed by atoms with Crippen LogP contribution in [0.1, 0.15) is 24.0 Å². The van der Waals surface area contributed by atoms with E-state index >= 15 is 0 Å². The average molecular weight is 444 g/mol. The van der Waals surface area contributed by atoms with Gasteiger partial charge in [0, 0.05) is 36.1 Å². The van der Waals surface area contributed by atoms with E-state index in [1.54, 1.807) is 12.1 Å².